The van der Waals surface area contributed by atoms with E-state index < -0.39 is 0 Å². The molecule has 158 valence electrons. The highest BCUT2D eigenvalue weighted by molar-refractivity contribution is 7.99. The highest BCUT2D eigenvalue weighted by Gasteiger charge is 2.18. The third-order valence-electron chi connectivity index (χ3n) is 4.83. The van der Waals surface area contributed by atoms with E-state index >= 15 is 0 Å². The summed E-state index contributed by atoms with van der Waals surface area (Å²) in [6, 6.07) is 11.1. The predicted molar refractivity (Wildman–Crippen MR) is 123 cm³/mol. The van der Waals surface area contributed by atoms with E-state index in [1.54, 1.807) is 22.1 Å². The average Bonchev–Trinajstić information content (AvgIpc) is 3.41. The van der Waals surface area contributed by atoms with Gasteiger partial charge in [-0.05, 0) is 30.0 Å². The number of hydrogen-bond donors (Lipinski definition) is 1. The Morgan fingerprint density at radius 3 is 2.90 bits per heavy atom. The molecule has 1 N–H and O–H groups in total. The van der Waals surface area contributed by atoms with E-state index in [-0.39, 0.29) is 17.2 Å². The van der Waals surface area contributed by atoms with Crippen molar-refractivity contribution in [2.24, 2.45) is 0 Å². The number of carbonyl (C=O) groups excluding carboxylic acids is 1. The SMILES string of the molecule is CCCCCn1c(=O)c2ccccc2n2c(SCC(=O)Nc3sccc3C#N)nnc12. The number of para-hydroxylation sites is 1. The van der Waals surface area contributed by atoms with Crippen LogP contribution >= 0.6 is 23.1 Å². The quantitative estimate of drug-likeness (QED) is 0.321. The number of rotatable bonds is 8. The zero-order valence-electron chi connectivity index (χ0n) is 16.9. The summed E-state index contributed by atoms with van der Waals surface area (Å²) in [6.07, 6.45) is 2.96. The second-order valence-electron chi connectivity index (χ2n) is 6.91. The molecule has 0 aliphatic carbocycles. The summed E-state index contributed by atoms with van der Waals surface area (Å²) >= 11 is 2.55. The summed E-state index contributed by atoms with van der Waals surface area (Å²) in [5, 5.41) is 23.8. The minimum Gasteiger partial charge on any atom is -0.316 e. The Kier molecular flexibility index (Phi) is 6.34. The molecule has 0 aliphatic heterocycles. The van der Waals surface area contributed by atoms with E-state index in [4.69, 9.17) is 5.26 Å². The number of thioether (sulfide) groups is 1. The number of aryl methyl sites for hydroxylation is 1. The molecule has 0 radical (unpaired) electrons. The van der Waals surface area contributed by atoms with Crippen LogP contribution in [0.3, 0.4) is 0 Å². The van der Waals surface area contributed by atoms with Gasteiger partial charge in [0.15, 0.2) is 5.16 Å². The number of thiophene rings is 1. The smallest absolute Gasteiger partial charge is 0.262 e. The fourth-order valence-electron chi connectivity index (χ4n) is 3.34. The molecular weight excluding hydrogens is 432 g/mol. The molecule has 10 heteroatoms. The monoisotopic (exact) mass is 452 g/mol. The van der Waals surface area contributed by atoms with Gasteiger partial charge in [0.1, 0.15) is 11.1 Å². The number of nitriles is 1. The Balaban J connectivity index is 1.65. The van der Waals surface area contributed by atoms with E-state index in [1.807, 2.05) is 22.6 Å². The van der Waals surface area contributed by atoms with Crippen molar-refractivity contribution in [3.63, 3.8) is 0 Å². The van der Waals surface area contributed by atoms with Gasteiger partial charge in [-0.3, -0.25) is 18.6 Å². The van der Waals surface area contributed by atoms with Crippen LogP contribution in [0.4, 0.5) is 5.00 Å². The van der Waals surface area contributed by atoms with Gasteiger partial charge in [0.05, 0.1) is 22.2 Å². The lowest BCUT2D eigenvalue weighted by Gasteiger charge is -2.11. The maximum absolute atomic E-state index is 13.0. The number of amides is 1. The number of hydrogen-bond acceptors (Lipinski definition) is 7. The molecule has 0 unspecified atom stereocenters. The van der Waals surface area contributed by atoms with E-state index in [9.17, 15) is 9.59 Å². The van der Waals surface area contributed by atoms with Crippen molar-refractivity contribution in [1.82, 2.24) is 19.2 Å². The zero-order valence-corrected chi connectivity index (χ0v) is 18.5. The van der Waals surface area contributed by atoms with Crippen molar-refractivity contribution in [1.29, 1.82) is 5.26 Å². The van der Waals surface area contributed by atoms with Crippen LogP contribution in [0.5, 0.6) is 0 Å². The van der Waals surface area contributed by atoms with E-state index in [0.29, 0.717) is 38.9 Å². The van der Waals surface area contributed by atoms with Crippen LogP contribution in [0.2, 0.25) is 0 Å². The molecule has 0 aliphatic rings. The van der Waals surface area contributed by atoms with Crippen molar-refractivity contribution in [3.8, 4) is 6.07 Å². The molecule has 3 heterocycles. The van der Waals surface area contributed by atoms with Crippen LogP contribution in [0.1, 0.15) is 31.7 Å². The minimum absolute atomic E-state index is 0.0809. The van der Waals surface area contributed by atoms with Crippen LogP contribution in [0, 0.1) is 11.3 Å². The number of aromatic nitrogens is 4. The van der Waals surface area contributed by atoms with Crippen LogP contribution in [0.15, 0.2) is 45.7 Å². The Labute approximate surface area is 186 Å². The highest BCUT2D eigenvalue weighted by Crippen LogP contribution is 2.24. The molecule has 1 aromatic carbocycles. The number of nitrogens with zero attached hydrogens (tertiary/aromatic N) is 5. The first-order valence-electron chi connectivity index (χ1n) is 9.91. The standard InChI is InChI=1S/C21H20N6O2S2/c1-2-3-6-10-26-19(29)15-7-4-5-8-16(15)27-20(26)24-25-21(27)31-13-17(28)23-18-14(12-22)9-11-30-18/h4-5,7-9,11H,2-3,6,10,13H2,1H3,(H,23,28). The lowest BCUT2D eigenvalue weighted by molar-refractivity contribution is -0.113. The van der Waals surface area contributed by atoms with Crippen molar-refractivity contribution in [2.45, 2.75) is 37.9 Å². The largest absolute Gasteiger partial charge is 0.316 e. The summed E-state index contributed by atoms with van der Waals surface area (Å²) in [4.78, 5) is 25.5. The summed E-state index contributed by atoms with van der Waals surface area (Å²) in [5.74, 6) is 0.348. The predicted octanol–water partition coefficient (Wildman–Crippen LogP) is 3.90. The molecule has 1 amide bonds. The molecule has 3 aromatic heterocycles. The molecule has 0 spiro atoms. The molecule has 0 saturated heterocycles. The first kappa shape index (κ1) is 21.1. The number of nitrogens with one attached hydrogen (secondary N) is 1. The zero-order chi connectivity index (χ0) is 21.8. The number of unbranched alkanes of at least 4 members (excludes halogenated alkanes) is 2. The van der Waals surface area contributed by atoms with Crippen molar-refractivity contribution < 1.29 is 4.79 Å². The Bertz CT molecular complexity index is 1350. The fraction of sp³-hybridized carbons (Fsp3) is 0.286. The summed E-state index contributed by atoms with van der Waals surface area (Å²) in [7, 11) is 0. The Morgan fingerprint density at radius 2 is 2.10 bits per heavy atom. The van der Waals surface area contributed by atoms with Gasteiger partial charge in [-0.2, -0.15) is 5.26 Å². The second kappa shape index (κ2) is 9.32. The topological polar surface area (TPSA) is 105 Å². The number of carbonyl (C=O) groups is 1. The van der Waals surface area contributed by atoms with Crippen molar-refractivity contribution >= 4 is 50.7 Å². The molecule has 0 saturated carbocycles. The molecule has 31 heavy (non-hydrogen) atoms. The van der Waals surface area contributed by atoms with Crippen molar-refractivity contribution in [2.75, 3.05) is 11.1 Å². The molecule has 0 fully saturated rings. The van der Waals surface area contributed by atoms with Crippen LogP contribution in [-0.4, -0.2) is 30.8 Å². The summed E-state index contributed by atoms with van der Waals surface area (Å²) < 4.78 is 3.51. The fourth-order valence-corrected chi connectivity index (χ4v) is 4.83. The van der Waals surface area contributed by atoms with Crippen LogP contribution in [-0.2, 0) is 11.3 Å². The molecule has 8 nitrogen and oxygen atoms in total. The maximum Gasteiger partial charge on any atom is 0.262 e. The van der Waals surface area contributed by atoms with Gasteiger partial charge in [0.2, 0.25) is 11.7 Å². The lowest BCUT2D eigenvalue weighted by Crippen LogP contribution is -2.23. The second-order valence-corrected chi connectivity index (χ2v) is 8.77. The summed E-state index contributed by atoms with van der Waals surface area (Å²) in [6.45, 7) is 2.69. The van der Waals surface area contributed by atoms with E-state index in [2.05, 4.69) is 28.5 Å². The first-order chi connectivity index (χ1) is 15.1. The molecule has 0 atom stereocenters. The normalized spacial score (nSPS) is 11.1. The maximum atomic E-state index is 13.0. The van der Waals surface area contributed by atoms with E-state index in [0.717, 1.165) is 19.3 Å². The number of benzene rings is 1. The number of fused-ring (bicyclic) bond motifs is 3. The van der Waals surface area contributed by atoms with Gasteiger partial charge in [0, 0.05) is 6.54 Å². The first-order valence-corrected chi connectivity index (χ1v) is 11.8. The Morgan fingerprint density at radius 1 is 1.26 bits per heavy atom. The Hall–Kier alpha value is -3.16. The molecule has 4 aromatic rings. The minimum atomic E-state index is -0.235. The lowest BCUT2D eigenvalue weighted by atomic mass is 10.2. The van der Waals surface area contributed by atoms with Gasteiger partial charge >= 0.3 is 0 Å². The molecule has 0 bridgehead atoms. The third kappa shape index (κ3) is 4.19. The van der Waals surface area contributed by atoms with Gasteiger partial charge < -0.3 is 5.32 Å². The van der Waals surface area contributed by atoms with Crippen LogP contribution < -0.4 is 10.9 Å². The highest BCUT2D eigenvalue weighted by atomic mass is 32.2. The van der Waals surface area contributed by atoms with Gasteiger partial charge in [-0.15, -0.1) is 21.5 Å². The third-order valence-corrected chi connectivity index (χ3v) is 6.59. The summed E-state index contributed by atoms with van der Waals surface area (Å²) in [5.41, 5.74) is 1.08. The number of anilines is 1. The van der Waals surface area contributed by atoms with Gasteiger partial charge in [-0.1, -0.05) is 43.7 Å². The molecular formula is C21H20N6O2S2. The average molecular weight is 453 g/mol. The molecule has 4 rings (SSSR count). The van der Waals surface area contributed by atoms with E-state index in [1.165, 1.54) is 23.1 Å². The van der Waals surface area contributed by atoms with Crippen molar-refractivity contribution in [3.05, 3.63) is 51.6 Å². The van der Waals surface area contributed by atoms with Gasteiger partial charge in [-0.25, -0.2) is 0 Å². The van der Waals surface area contributed by atoms with Crippen LogP contribution in [0.25, 0.3) is 16.7 Å². The van der Waals surface area contributed by atoms with Gasteiger partial charge in [0.25, 0.3) is 5.56 Å².